The second kappa shape index (κ2) is 11.4. The second-order valence-corrected chi connectivity index (χ2v) is 10.3. The molecule has 0 aliphatic carbocycles. The van der Waals surface area contributed by atoms with Crippen LogP contribution < -0.4 is 16.4 Å². The highest BCUT2D eigenvalue weighted by molar-refractivity contribution is 7.12. The van der Waals surface area contributed by atoms with Crippen molar-refractivity contribution in [1.29, 1.82) is 5.41 Å². The van der Waals surface area contributed by atoms with Crippen molar-refractivity contribution in [2.24, 2.45) is 5.73 Å². The summed E-state index contributed by atoms with van der Waals surface area (Å²) in [6.45, 7) is 0.819. The van der Waals surface area contributed by atoms with Crippen molar-refractivity contribution in [2.75, 3.05) is 26.3 Å². The highest BCUT2D eigenvalue weighted by Gasteiger charge is 2.52. The number of benzene rings is 2. The lowest BCUT2D eigenvalue weighted by atomic mass is 10.0. The van der Waals surface area contributed by atoms with Crippen LogP contribution in [-0.4, -0.2) is 66.6 Å². The predicted octanol–water partition coefficient (Wildman–Crippen LogP) is 2.09. The Morgan fingerprint density at radius 3 is 2.38 bits per heavy atom. The molecule has 3 aromatic rings. The number of carbonyl (C=O) groups excluding carboxylic acids is 3. The van der Waals surface area contributed by atoms with E-state index in [9.17, 15) is 14.4 Å². The van der Waals surface area contributed by atoms with Crippen LogP contribution in [0.4, 0.5) is 0 Å². The molecule has 5 rings (SSSR count). The van der Waals surface area contributed by atoms with Crippen LogP contribution in [-0.2, 0) is 25.6 Å². The molecule has 3 heterocycles. The van der Waals surface area contributed by atoms with Crippen LogP contribution in [0.15, 0.2) is 66.0 Å². The van der Waals surface area contributed by atoms with E-state index in [1.807, 2.05) is 47.8 Å². The third-order valence-electron chi connectivity index (χ3n) is 6.77. The minimum atomic E-state index is -1.03. The number of rotatable bonds is 8. The number of nitrogen functional groups attached to an aromatic ring is 1. The molecule has 0 unspecified atom stereocenters. The van der Waals surface area contributed by atoms with Crippen molar-refractivity contribution >= 4 is 34.9 Å². The average molecular weight is 548 g/mol. The molecule has 1 aromatic heterocycles. The van der Waals surface area contributed by atoms with Gasteiger partial charge in [-0.2, -0.15) is 0 Å². The molecule has 10 nitrogen and oxygen atoms in total. The van der Waals surface area contributed by atoms with Gasteiger partial charge >= 0.3 is 0 Å². The Balaban J connectivity index is 1.21. The molecule has 2 aliphatic heterocycles. The van der Waals surface area contributed by atoms with Crippen molar-refractivity contribution in [3.63, 3.8) is 0 Å². The van der Waals surface area contributed by atoms with Crippen molar-refractivity contribution in [3.05, 3.63) is 82.0 Å². The first kappa shape index (κ1) is 26.5. The summed E-state index contributed by atoms with van der Waals surface area (Å²) >= 11 is 1.32. The van der Waals surface area contributed by atoms with Crippen LogP contribution in [0, 0.1) is 5.41 Å². The van der Waals surface area contributed by atoms with E-state index in [0.717, 1.165) is 16.7 Å². The number of carbonyl (C=O) groups is 3. The molecule has 2 aromatic carbocycles. The molecule has 2 aliphatic rings. The van der Waals surface area contributed by atoms with E-state index in [1.54, 1.807) is 18.2 Å². The summed E-state index contributed by atoms with van der Waals surface area (Å²) in [5, 5.41) is 14.9. The van der Waals surface area contributed by atoms with Gasteiger partial charge in [0, 0.05) is 18.5 Å². The summed E-state index contributed by atoms with van der Waals surface area (Å²) in [7, 11) is 0. The molecule has 202 valence electrons. The van der Waals surface area contributed by atoms with E-state index < -0.39 is 17.7 Å². The van der Waals surface area contributed by atoms with Gasteiger partial charge in [-0.25, -0.2) is 0 Å². The minimum Gasteiger partial charge on any atom is -0.383 e. The summed E-state index contributed by atoms with van der Waals surface area (Å²) in [6, 6.07) is 17.9. The summed E-state index contributed by atoms with van der Waals surface area (Å²) in [4.78, 5) is 41.2. The fourth-order valence-corrected chi connectivity index (χ4v) is 5.54. The molecule has 0 radical (unpaired) electrons. The van der Waals surface area contributed by atoms with E-state index in [0.29, 0.717) is 23.7 Å². The van der Waals surface area contributed by atoms with E-state index >= 15 is 0 Å². The Labute approximate surface area is 229 Å². The van der Waals surface area contributed by atoms with E-state index in [4.69, 9.17) is 20.6 Å². The molecule has 11 heteroatoms. The lowest BCUT2D eigenvalue weighted by molar-refractivity contribution is -0.152. The van der Waals surface area contributed by atoms with Crippen LogP contribution in [0.5, 0.6) is 0 Å². The molecule has 0 saturated carbocycles. The van der Waals surface area contributed by atoms with E-state index in [1.165, 1.54) is 16.2 Å². The fraction of sp³-hybridized carbons (Fsp3) is 0.286. The number of nitrogens with one attached hydrogen (secondary N) is 3. The number of hydrogen-bond acceptors (Lipinski definition) is 7. The maximum atomic E-state index is 13.2. The molecule has 5 N–H and O–H groups in total. The number of likely N-dealkylation sites (tertiary alicyclic amines) is 1. The van der Waals surface area contributed by atoms with Gasteiger partial charge in [0.05, 0.1) is 31.2 Å². The fourth-order valence-electron chi connectivity index (χ4n) is 4.76. The van der Waals surface area contributed by atoms with Crippen LogP contribution >= 0.6 is 11.3 Å². The number of hydrogen-bond donors (Lipinski definition) is 4. The van der Waals surface area contributed by atoms with Gasteiger partial charge in [0.15, 0.2) is 5.79 Å². The average Bonchev–Trinajstić information content (AvgIpc) is 3.71. The third kappa shape index (κ3) is 6.00. The van der Waals surface area contributed by atoms with Crippen molar-refractivity contribution in [1.82, 2.24) is 15.5 Å². The molecule has 1 spiro atoms. The van der Waals surface area contributed by atoms with Crippen LogP contribution in [0.25, 0.3) is 11.1 Å². The predicted molar refractivity (Wildman–Crippen MR) is 146 cm³/mol. The molecular formula is C28H29N5O5S. The van der Waals surface area contributed by atoms with Gasteiger partial charge in [-0.15, -0.1) is 11.3 Å². The van der Waals surface area contributed by atoms with Gasteiger partial charge in [-0.3, -0.25) is 19.8 Å². The summed E-state index contributed by atoms with van der Waals surface area (Å²) in [5.74, 6) is -2.20. The summed E-state index contributed by atoms with van der Waals surface area (Å²) in [6.07, 6.45) is 0.196. The van der Waals surface area contributed by atoms with Crippen molar-refractivity contribution < 1.29 is 23.9 Å². The number of amidine groups is 1. The standard InChI is InChI=1S/C28H29N5O5S/c29-25(30)23-12-18(16-39-23)14-31-27(36)22-13-28(37-10-11-38-28)17-33(22)24(34)15-32-26(35)21-8-6-20(7-9-21)19-4-2-1-3-5-19/h1-9,12,16,22H,10-11,13-15,17H2,(H3,29,30)(H,31,36)(H,32,35)/t22-/m0/s1. The highest BCUT2D eigenvalue weighted by atomic mass is 32.1. The van der Waals surface area contributed by atoms with Gasteiger partial charge in [0.1, 0.15) is 11.9 Å². The molecule has 2 saturated heterocycles. The molecule has 0 bridgehead atoms. The quantitative estimate of drug-likeness (QED) is 0.251. The monoisotopic (exact) mass is 547 g/mol. The molecule has 39 heavy (non-hydrogen) atoms. The minimum absolute atomic E-state index is 0.0307. The number of ether oxygens (including phenoxy) is 2. The van der Waals surface area contributed by atoms with Crippen molar-refractivity contribution in [3.8, 4) is 11.1 Å². The van der Waals surface area contributed by atoms with Crippen LogP contribution in [0.1, 0.15) is 27.2 Å². The smallest absolute Gasteiger partial charge is 0.251 e. The molecule has 3 amide bonds. The van der Waals surface area contributed by atoms with Gasteiger partial charge in [0.25, 0.3) is 5.91 Å². The van der Waals surface area contributed by atoms with Crippen LogP contribution in [0.2, 0.25) is 0 Å². The van der Waals surface area contributed by atoms with E-state index in [2.05, 4.69) is 10.6 Å². The largest absolute Gasteiger partial charge is 0.383 e. The normalized spacial score (nSPS) is 17.7. The SMILES string of the molecule is N=C(N)c1cc(CNC(=O)[C@@H]2CC3(CN2C(=O)CNC(=O)c2ccc(-c4ccccc4)cc2)OCCO3)cs1. The number of nitrogens with two attached hydrogens (primary N) is 1. The zero-order valence-corrected chi connectivity index (χ0v) is 22.0. The van der Waals surface area contributed by atoms with Gasteiger partial charge in [0.2, 0.25) is 11.8 Å². The zero-order chi connectivity index (χ0) is 27.4. The Hall–Kier alpha value is -4.06. The Kier molecular flexibility index (Phi) is 7.73. The Morgan fingerprint density at radius 1 is 1.03 bits per heavy atom. The molecule has 1 atom stereocenters. The first-order valence-electron chi connectivity index (χ1n) is 12.5. The van der Waals surface area contributed by atoms with Crippen molar-refractivity contribution in [2.45, 2.75) is 24.8 Å². The molecule has 2 fully saturated rings. The lowest BCUT2D eigenvalue weighted by Gasteiger charge is -2.24. The number of nitrogens with zero attached hydrogens (tertiary/aromatic N) is 1. The van der Waals surface area contributed by atoms with Crippen LogP contribution in [0.3, 0.4) is 0 Å². The maximum absolute atomic E-state index is 13.2. The summed E-state index contributed by atoms with van der Waals surface area (Å²) < 4.78 is 11.6. The van der Waals surface area contributed by atoms with Gasteiger partial charge in [-0.1, -0.05) is 42.5 Å². The number of thiophene rings is 1. The zero-order valence-electron chi connectivity index (χ0n) is 21.1. The maximum Gasteiger partial charge on any atom is 0.251 e. The van der Waals surface area contributed by atoms with E-state index in [-0.39, 0.29) is 43.7 Å². The second-order valence-electron chi connectivity index (χ2n) is 9.43. The first-order valence-corrected chi connectivity index (χ1v) is 13.4. The molecular weight excluding hydrogens is 518 g/mol. The Morgan fingerprint density at radius 2 is 1.72 bits per heavy atom. The van der Waals surface area contributed by atoms with Gasteiger partial charge in [-0.05, 0) is 40.3 Å². The first-order chi connectivity index (χ1) is 18.8. The summed E-state index contributed by atoms with van der Waals surface area (Å²) in [5.41, 5.74) is 8.78. The van der Waals surface area contributed by atoms with Gasteiger partial charge < -0.3 is 30.7 Å². The Bertz CT molecular complexity index is 1370. The number of amides is 3. The highest BCUT2D eigenvalue weighted by Crippen LogP contribution is 2.35. The topological polar surface area (TPSA) is 147 Å². The lowest BCUT2D eigenvalue weighted by Crippen LogP contribution is -2.49. The third-order valence-corrected chi connectivity index (χ3v) is 7.78.